The zero-order valence-corrected chi connectivity index (χ0v) is 13.0. The Kier molecular flexibility index (Phi) is 4.52. The Morgan fingerprint density at radius 1 is 1.15 bits per heavy atom. The van der Waals surface area contributed by atoms with Gasteiger partial charge in [0.15, 0.2) is 0 Å². The quantitative estimate of drug-likeness (QED) is 0.896. The maximum atomic E-state index is 12.3. The van der Waals surface area contributed by atoms with E-state index in [2.05, 4.69) is 4.72 Å². The van der Waals surface area contributed by atoms with Crippen molar-refractivity contribution < 1.29 is 13.5 Å². The highest BCUT2D eigenvalue weighted by Crippen LogP contribution is 2.27. The van der Waals surface area contributed by atoms with E-state index in [1.54, 1.807) is 18.2 Å². The first kappa shape index (κ1) is 15.5. The molecule has 0 bridgehead atoms. The smallest absolute Gasteiger partial charge is 0.240 e. The number of hydrogen-bond acceptors (Lipinski definition) is 3. The van der Waals surface area contributed by atoms with Crippen molar-refractivity contribution in [1.29, 1.82) is 0 Å². The molecule has 2 rings (SSSR count). The van der Waals surface area contributed by atoms with Crippen molar-refractivity contribution in [1.82, 2.24) is 4.72 Å². The number of aryl methyl sites for hydroxylation is 2. The van der Waals surface area contributed by atoms with Gasteiger partial charge in [-0.1, -0.05) is 25.3 Å². The van der Waals surface area contributed by atoms with Crippen LogP contribution in [0.25, 0.3) is 0 Å². The average Bonchev–Trinajstić information content (AvgIpc) is 2.41. The third kappa shape index (κ3) is 3.59. The third-order valence-electron chi connectivity index (χ3n) is 4.16. The molecular weight excluding hydrogens is 274 g/mol. The van der Waals surface area contributed by atoms with Crippen LogP contribution in [0.1, 0.15) is 43.2 Å². The van der Waals surface area contributed by atoms with Gasteiger partial charge >= 0.3 is 0 Å². The standard InChI is InChI=1S/C15H23NO3S/c1-12-6-7-14(10-13(12)2)20(18,19)16-11-15(17)8-4-3-5-9-15/h6-7,10,16-17H,3-5,8-9,11H2,1-2H3. The second-order valence-corrected chi connectivity index (χ2v) is 7.62. The molecule has 1 aromatic carbocycles. The van der Waals surface area contributed by atoms with Crippen molar-refractivity contribution in [3.8, 4) is 0 Å². The van der Waals surface area contributed by atoms with E-state index >= 15 is 0 Å². The van der Waals surface area contributed by atoms with Crippen molar-refractivity contribution in [3.63, 3.8) is 0 Å². The number of rotatable bonds is 4. The molecule has 4 nitrogen and oxygen atoms in total. The summed E-state index contributed by atoms with van der Waals surface area (Å²) in [6.07, 6.45) is 4.38. The Bertz CT molecular complexity index is 575. The molecule has 2 N–H and O–H groups in total. The van der Waals surface area contributed by atoms with Crippen LogP contribution >= 0.6 is 0 Å². The van der Waals surface area contributed by atoms with E-state index < -0.39 is 15.6 Å². The molecule has 0 amide bonds. The molecule has 1 saturated carbocycles. The Labute approximate surface area is 121 Å². The predicted molar refractivity (Wildman–Crippen MR) is 79.1 cm³/mol. The van der Waals surface area contributed by atoms with E-state index in [-0.39, 0.29) is 11.4 Å². The lowest BCUT2D eigenvalue weighted by Gasteiger charge is -2.32. The highest BCUT2D eigenvalue weighted by atomic mass is 32.2. The van der Waals surface area contributed by atoms with Gasteiger partial charge in [0, 0.05) is 6.54 Å². The largest absolute Gasteiger partial charge is 0.389 e. The van der Waals surface area contributed by atoms with Crippen LogP contribution in [0.3, 0.4) is 0 Å². The summed E-state index contributed by atoms with van der Waals surface area (Å²) in [4.78, 5) is 0.264. The van der Waals surface area contributed by atoms with Gasteiger partial charge < -0.3 is 5.11 Å². The molecular formula is C15H23NO3S. The summed E-state index contributed by atoms with van der Waals surface area (Å²) in [7, 11) is -3.55. The summed E-state index contributed by atoms with van der Waals surface area (Å²) in [5.41, 5.74) is 1.13. The van der Waals surface area contributed by atoms with Crippen LogP contribution in [0.15, 0.2) is 23.1 Å². The molecule has 1 aliphatic rings. The fourth-order valence-corrected chi connectivity index (χ4v) is 3.78. The molecule has 0 aliphatic heterocycles. The lowest BCUT2D eigenvalue weighted by molar-refractivity contribution is 0.00945. The second-order valence-electron chi connectivity index (χ2n) is 5.86. The number of nitrogens with one attached hydrogen (secondary N) is 1. The highest BCUT2D eigenvalue weighted by Gasteiger charge is 2.30. The Hall–Kier alpha value is -0.910. The first-order valence-electron chi connectivity index (χ1n) is 7.12. The van der Waals surface area contributed by atoms with Crippen LogP contribution in [-0.2, 0) is 10.0 Å². The normalized spacial score (nSPS) is 18.9. The molecule has 5 heteroatoms. The Morgan fingerprint density at radius 3 is 2.40 bits per heavy atom. The number of aliphatic hydroxyl groups is 1. The van der Waals surface area contributed by atoms with Gasteiger partial charge in [0.05, 0.1) is 10.5 Å². The summed E-state index contributed by atoms with van der Waals surface area (Å²) in [5.74, 6) is 0. The molecule has 20 heavy (non-hydrogen) atoms. The molecule has 0 atom stereocenters. The molecule has 0 unspecified atom stereocenters. The van der Waals surface area contributed by atoms with Gasteiger partial charge in [0.1, 0.15) is 0 Å². The minimum atomic E-state index is -3.55. The van der Waals surface area contributed by atoms with Crippen molar-refractivity contribution in [3.05, 3.63) is 29.3 Å². The van der Waals surface area contributed by atoms with Crippen LogP contribution in [0.4, 0.5) is 0 Å². The van der Waals surface area contributed by atoms with Gasteiger partial charge in [-0.3, -0.25) is 0 Å². The van der Waals surface area contributed by atoms with Crippen molar-refractivity contribution >= 4 is 10.0 Å². The van der Waals surface area contributed by atoms with Crippen LogP contribution in [0, 0.1) is 13.8 Å². The summed E-state index contributed by atoms with van der Waals surface area (Å²) < 4.78 is 27.1. The molecule has 0 aromatic heterocycles. The van der Waals surface area contributed by atoms with E-state index in [1.165, 1.54) is 0 Å². The maximum absolute atomic E-state index is 12.3. The maximum Gasteiger partial charge on any atom is 0.240 e. The molecule has 0 radical (unpaired) electrons. The first-order valence-corrected chi connectivity index (χ1v) is 8.60. The van der Waals surface area contributed by atoms with Crippen molar-refractivity contribution in [2.24, 2.45) is 0 Å². The average molecular weight is 297 g/mol. The summed E-state index contributed by atoms with van der Waals surface area (Å²) in [5, 5.41) is 10.4. The second kappa shape index (κ2) is 5.84. The molecule has 112 valence electrons. The molecule has 1 aliphatic carbocycles. The van der Waals surface area contributed by atoms with Gasteiger partial charge in [-0.05, 0) is 49.9 Å². The van der Waals surface area contributed by atoms with E-state index in [1.807, 2.05) is 13.8 Å². The minimum absolute atomic E-state index is 0.0995. The molecule has 1 aromatic rings. The first-order chi connectivity index (χ1) is 9.32. The topological polar surface area (TPSA) is 66.4 Å². The lowest BCUT2D eigenvalue weighted by Crippen LogP contribution is -2.44. The van der Waals surface area contributed by atoms with Crippen molar-refractivity contribution in [2.75, 3.05) is 6.54 Å². The Morgan fingerprint density at radius 2 is 1.80 bits per heavy atom. The van der Waals surface area contributed by atoms with E-state index in [9.17, 15) is 13.5 Å². The Balaban J connectivity index is 2.09. The summed E-state index contributed by atoms with van der Waals surface area (Å²) in [6.45, 7) is 3.94. The van der Waals surface area contributed by atoms with Gasteiger partial charge in [0.25, 0.3) is 0 Å². The summed E-state index contributed by atoms with van der Waals surface area (Å²) >= 11 is 0. The molecule has 1 fully saturated rings. The zero-order valence-electron chi connectivity index (χ0n) is 12.1. The van der Waals surface area contributed by atoms with Gasteiger partial charge in [-0.25, -0.2) is 13.1 Å². The van der Waals surface area contributed by atoms with Crippen LogP contribution in [-0.4, -0.2) is 25.7 Å². The van der Waals surface area contributed by atoms with Crippen LogP contribution in [0.5, 0.6) is 0 Å². The van der Waals surface area contributed by atoms with Gasteiger partial charge in [-0.15, -0.1) is 0 Å². The van der Waals surface area contributed by atoms with E-state index in [0.717, 1.165) is 30.4 Å². The van der Waals surface area contributed by atoms with Gasteiger partial charge in [0.2, 0.25) is 10.0 Å². The fourth-order valence-electron chi connectivity index (χ4n) is 2.58. The van der Waals surface area contributed by atoms with E-state index in [4.69, 9.17) is 0 Å². The fraction of sp³-hybridized carbons (Fsp3) is 0.600. The van der Waals surface area contributed by atoms with Crippen LogP contribution < -0.4 is 4.72 Å². The predicted octanol–water partition coefficient (Wildman–Crippen LogP) is 2.28. The zero-order chi connectivity index (χ0) is 14.8. The lowest BCUT2D eigenvalue weighted by atomic mass is 9.85. The van der Waals surface area contributed by atoms with Crippen LogP contribution in [0.2, 0.25) is 0 Å². The summed E-state index contributed by atoms with van der Waals surface area (Å²) in [6, 6.07) is 5.08. The highest BCUT2D eigenvalue weighted by molar-refractivity contribution is 7.89. The van der Waals surface area contributed by atoms with Gasteiger partial charge in [-0.2, -0.15) is 0 Å². The number of benzene rings is 1. The molecule has 0 heterocycles. The molecule has 0 saturated heterocycles. The SMILES string of the molecule is Cc1ccc(S(=O)(=O)NCC2(O)CCCCC2)cc1C. The minimum Gasteiger partial charge on any atom is -0.389 e. The van der Waals surface area contributed by atoms with Crippen molar-refractivity contribution in [2.45, 2.75) is 56.4 Å². The molecule has 0 spiro atoms. The van der Waals surface area contributed by atoms with E-state index in [0.29, 0.717) is 12.8 Å². The number of hydrogen-bond donors (Lipinski definition) is 2. The number of sulfonamides is 1. The third-order valence-corrected chi connectivity index (χ3v) is 5.56. The monoisotopic (exact) mass is 297 g/mol.